The molecule has 3 nitrogen and oxygen atoms in total. The Kier molecular flexibility index (Phi) is 9.51. The molecule has 10 aromatic rings. The number of pyridine rings is 1. The van der Waals surface area contributed by atoms with Gasteiger partial charge in [-0.1, -0.05) is 159 Å². The van der Waals surface area contributed by atoms with Crippen LogP contribution in [-0.2, 0) is 44.5 Å². The predicted molar refractivity (Wildman–Crippen MR) is 262 cm³/mol. The van der Waals surface area contributed by atoms with Crippen molar-refractivity contribution >= 4 is 0 Å². The van der Waals surface area contributed by atoms with Gasteiger partial charge < -0.3 is 9.13 Å². The molecule has 2 heterocycles. The van der Waals surface area contributed by atoms with Crippen molar-refractivity contribution in [2.45, 2.75) is 36.1 Å². The summed E-state index contributed by atoms with van der Waals surface area (Å²) in [6.45, 7) is 4.53. The monoisotopic (exact) mass is 1040 g/mol. The molecule has 8 aromatic carbocycles. The first-order chi connectivity index (χ1) is 32.5. The average Bonchev–Trinajstić information content (AvgIpc) is 4.11. The molecular formula is C63H45N3Pt-2. The molecule has 3 aliphatic rings. The summed E-state index contributed by atoms with van der Waals surface area (Å²) < 4.78 is 4.28. The molecule has 0 radical (unpaired) electrons. The maximum Gasteiger partial charge on any atom is 0.204 e. The number of rotatable bonds is 7. The van der Waals surface area contributed by atoms with Crippen LogP contribution in [0, 0.1) is 18.5 Å². The quantitative estimate of drug-likeness (QED) is 0.115. The average molecular weight is 1040 g/mol. The van der Waals surface area contributed by atoms with E-state index in [0.717, 1.165) is 27.9 Å². The van der Waals surface area contributed by atoms with Gasteiger partial charge in [0, 0.05) is 43.8 Å². The van der Waals surface area contributed by atoms with Crippen LogP contribution < -0.4 is 4.57 Å². The van der Waals surface area contributed by atoms with Gasteiger partial charge in [-0.15, -0.1) is 22.3 Å². The summed E-state index contributed by atoms with van der Waals surface area (Å²) in [5.74, 6) is 0.331. The Morgan fingerprint density at radius 1 is 0.463 bits per heavy atom. The molecule has 2 aromatic heterocycles. The molecule has 0 saturated heterocycles. The van der Waals surface area contributed by atoms with Crippen molar-refractivity contribution in [3.8, 4) is 33.4 Å². The number of benzene rings is 8. The van der Waals surface area contributed by atoms with Gasteiger partial charge in [0.05, 0.1) is 18.2 Å². The van der Waals surface area contributed by atoms with E-state index >= 15 is 0 Å². The molecule has 0 unspecified atom stereocenters. The van der Waals surface area contributed by atoms with Gasteiger partial charge in [-0.05, 0) is 91.6 Å². The van der Waals surface area contributed by atoms with Crippen molar-refractivity contribution in [1.82, 2.24) is 9.55 Å². The van der Waals surface area contributed by atoms with Crippen molar-refractivity contribution < 1.29 is 25.6 Å². The second-order valence-electron chi connectivity index (χ2n) is 18.4. The Balaban J connectivity index is 0.00000468. The summed E-state index contributed by atoms with van der Waals surface area (Å²) in [5.41, 5.74) is 18.9. The van der Waals surface area contributed by atoms with E-state index in [1.54, 1.807) is 0 Å². The third-order valence-corrected chi connectivity index (χ3v) is 14.9. The Labute approximate surface area is 407 Å². The molecule has 0 amide bonds. The Morgan fingerprint density at radius 3 is 1.30 bits per heavy atom. The second kappa shape index (κ2) is 15.4. The van der Waals surface area contributed by atoms with E-state index in [1.807, 2.05) is 17.8 Å². The minimum Gasteiger partial charge on any atom is -0.354 e. The van der Waals surface area contributed by atoms with Gasteiger partial charge in [-0.25, -0.2) is 0 Å². The van der Waals surface area contributed by atoms with Crippen LogP contribution in [0.25, 0.3) is 33.4 Å². The van der Waals surface area contributed by atoms with Gasteiger partial charge in [0.2, 0.25) is 6.33 Å². The minimum absolute atomic E-state index is 0. The van der Waals surface area contributed by atoms with E-state index in [-0.39, 0.29) is 21.1 Å². The van der Waals surface area contributed by atoms with Gasteiger partial charge in [0.1, 0.15) is 5.54 Å². The SMILES string of the molecule is CC(C)c1ccnc(C2(c3[c-]c(C4(c5[c-]c(C6(n7[c-][n+](C)cc7)c7ccccc7-c7ccccc76)ccc5)c5ccccc5-c5ccccc54)ccc3)c3ccccc3-c3ccccc32)c1.[Pt]. The molecule has 0 saturated carbocycles. The molecule has 0 N–H and O–H groups in total. The number of hydrogen-bond acceptors (Lipinski definition) is 1. The van der Waals surface area contributed by atoms with E-state index in [0.29, 0.717) is 5.92 Å². The van der Waals surface area contributed by atoms with Gasteiger partial charge in [0.25, 0.3) is 0 Å². The first-order valence-corrected chi connectivity index (χ1v) is 23.0. The van der Waals surface area contributed by atoms with Crippen LogP contribution >= 0.6 is 0 Å². The summed E-state index contributed by atoms with van der Waals surface area (Å²) >= 11 is 0. The molecular weight excluding hydrogens is 994 g/mol. The third-order valence-electron chi connectivity index (χ3n) is 14.9. The fourth-order valence-corrected chi connectivity index (χ4v) is 12.2. The molecule has 0 bridgehead atoms. The van der Waals surface area contributed by atoms with Crippen LogP contribution in [-0.4, -0.2) is 9.55 Å². The van der Waals surface area contributed by atoms with Gasteiger partial charge in [-0.2, -0.15) is 48.5 Å². The standard InChI is InChI=1S/C63H45N3.Pt/c1-42(2)43-34-35-64-60(38-43)62(56-30-12-6-24-50(56)51-25-7-13-31-57(51)62)46-20-16-18-44(39-46)61(54-28-10-4-22-48(54)49-23-5-11-29-55(49)61)45-19-17-21-47(40-45)63(66-37-36-65(3)41-66)58-32-14-8-26-52(58)53-27-9-15-33-59(53)63;/h4-38,42H,1-3H3;/q-2;. The van der Waals surface area contributed by atoms with Crippen LogP contribution in [0.2, 0.25) is 0 Å². The van der Waals surface area contributed by atoms with E-state index in [2.05, 4.69) is 243 Å². The zero-order valence-electron chi connectivity index (χ0n) is 37.4. The van der Waals surface area contributed by atoms with Gasteiger partial charge in [0.15, 0.2) is 0 Å². The first kappa shape index (κ1) is 41.3. The Bertz CT molecular complexity index is 3440. The number of hydrogen-bond donors (Lipinski definition) is 0. The van der Waals surface area contributed by atoms with E-state index in [4.69, 9.17) is 4.98 Å². The van der Waals surface area contributed by atoms with E-state index < -0.39 is 16.4 Å². The molecule has 13 rings (SSSR count). The molecule has 0 aliphatic heterocycles. The number of aryl methyl sites for hydroxylation is 1. The molecule has 324 valence electrons. The number of imidazole rings is 1. The smallest absolute Gasteiger partial charge is 0.204 e. The molecule has 0 fully saturated rings. The van der Waals surface area contributed by atoms with Crippen molar-refractivity contribution in [1.29, 1.82) is 0 Å². The Morgan fingerprint density at radius 2 is 0.851 bits per heavy atom. The number of fused-ring (bicyclic) bond motifs is 9. The fourth-order valence-electron chi connectivity index (χ4n) is 12.2. The summed E-state index contributed by atoms with van der Waals surface area (Å²) in [4.78, 5) is 5.32. The van der Waals surface area contributed by atoms with E-state index in [1.165, 1.54) is 72.3 Å². The zero-order valence-corrected chi connectivity index (χ0v) is 39.7. The van der Waals surface area contributed by atoms with Gasteiger partial charge in [-0.3, -0.25) is 4.98 Å². The van der Waals surface area contributed by atoms with Crippen LogP contribution in [0.15, 0.2) is 213 Å². The maximum atomic E-state index is 5.32. The molecule has 0 atom stereocenters. The van der Waals surface area contributed by atoms with Crippen LogP contribution in [0.4, 0.5) is 0 Å². The third kappa shape index (κ3) is 5.50. The van der Waals surface area contributed by atoms with Crippen LogP contribution in [0.3, 0.4) is 0 Å². The van der Waals surface area contributed by atoms with Crippen molar-refractivity contribution in [2.24, 2.45) is 7.05 Å². The molecule has 0 spiro atoms. The summed E-state index contributed by atoms with van der Waals surface area (Å²) in [5, 5.41) is 0. The number of aromatic nitrogens is 3. The normalized spacial score (nSPS) is 14.9. The molecule has 67 heavy (non-hydrogen) atoms. The van der Waals surface area contributed by atoms with Crippen LogP contribution in [0.1, 0.15) is 86.7 Å². The first-order valence-electron chi connectivity index (χ1n) is 23.0. The van der Waals surface area contributed by atoms with Crippen molar-refractivity contribution in [3.63, 3.8) is 0 Å². The predicted octanol–water partition coefficient (Wildman–Crippen LogP) is 12.8. The molecule has 3 aliphatic carbocycles. The van der Waals surface area contributed by atoms with Crippen molar-refractivity contribution in [3.05, 3.63) is 298 Å². The number of nitrogens with zero attached hydrogens (tertiary/aromatic N) is 3. The summed E-state index contributed by atoms with van der Waals surface area (Å²) in [6, 6.07) is 80.3. The Hall–Kier alpha value is -7.19. The van der Waals surface area contributed by atoms with Crippen molar-refractivity contribution in [2.75, 3.05) is 0 Å². The summed E-state index contributed by atoms with van der Waals surface area (Å²) in [6.07, 6.45) is 9.93. The summed E-state index contributed by atoms with van der Waals surface area (Å²) in [7, 11) is 2.05. The van der Waals surface area contributed by atoms with Crippen LogP contribution in [0.5, 0.6) is 0 Å². The second-order valence-corrected chi connectivity index (χ2v) is 18.4. The molecule has 4 heteroatoms. The largest absolute Gasteiger partial charge is 0.354 e. The van der Waals surface area contributed by atoms with Gasteiger partial charge >= 0.3 is 0 Å². The fraction of sp³-hybridized carbons (Fsp3) is 0.111. The maximum absolute atomic E-state index is 5.32. The topological polar surface area (TPSA) is 21.7 Å². The minimum atomic E-state index is -0.796. The van der Waals surface area contributed by atoms with E-state index in [9.17, 15) is 0 Å². The zero-order chi connectivity index (χ0) is 44.2.